The highest BCUT2D eigenvalue weighted by Crippen LogP contribution is 2.24. The number of benzene rings is 2. The van der Waals surface area contributed by atoms with Crippen LogP contribution in [0.1, 0.15) is 15.9 Å². The highest BCUT2D eigenvalue weighted by Gasteiger charge is 2.15. The van der Waals surface area contributed by atoms with E-state index in [1.54, 1.807) is 24.3 Å². The summed E-state index contributed by atoms with van der Waals surface area (Å²) in [6.45, 7) is 0. The normalized spacial score (nSPS) is 10.5. The molecule has 0 atom stereocenters. The Morgan fingerprint density at radius 2 is 1.89 bits per heavy atom. The van der Waals surface area contributed by atoms with Gasteiger partial charge in [0.2, 0.25) is 0 Å². The second kappa shape index (κ2) is 6.04. The van der Waals surface area contributed by atoms with Crippen LogP contribution in [0.5, 0.6) is 0 Å². The minimum atomic E-state index is -0.566. The maximum Gasteiger partial charge on any atom is 0.168 e. The van der Waals surface area contributed by atoms with E-state index in [9.17, 15) is 9.18 Å². The van der Waals surface area contributed by atoms with Crippen LogP contribution in [0.3, 0.4) is 0 Å². The Labute approximate surface area is 128 Å². The maximum atomic E-state index is 13.7. The molecule has 0 heterocycles. The number of carbonyl (C=O) groups excluding carboxylic acids is 1. The largest absolute Gasteiger partial charge is 0.294 e. The Kier molecular flexibility index (Phi) is 4.61. The topological polar surface area (TPSA) is 17.1 Å². The Morgan fingerprint density at radius 3 is 2.63 bits per heavy atom. The molecule has 5 heteroatoms. The molecule has 0 bridgehead atoms. The molecule has 0 saturated heterocycles. The molecule has 2 aromatic carbocycles. The van der Waals surface area contributed by atoms with E-state index in [2.05, 4.69) is 15.9 Å². The van der Waals surface area contributed by atoms with Crippen LogP contribution in [-0.4, -0.2) is 5.78 Å². The number of Topliss-reactive ketones (excluding diaryl/α,β-unsaturated/α-hetero) is 1. The number of halogens is 4. The SMILES string of the molecule is O=C(Cc1cccc(Cl)c1F)c1cc(Br)ccc1Cl. The fourth-order valence-corrected chi connectivity index (χ4v) is 2.44. The van der Waals surface area contributed by atoms with Gasteiger partial charge in [-0.3, -0.25) is 4.79 Å². The van der Waals surface area contributed by atoms with Crippen molar-refractivity contribution in [1.82, 2.24) is 0 Å². The third-order valence-electron chi connectivity index (χ3n) is 2.61. The third-order valence-corrected chi connectivity index (χ3v) is 3.73. The predicted octanol–water partition coefficient (Wildman–Crippen LogP) is 5.32. The van der Waals surface area contributed by atoms with Gasteiger partial charge in [-0.25, -0.2) is 4.39 Å². The quantitative estimate of drug-likeness (QED) is 0.676. The van der Waals surface area contributed by atoms with Crippen LogP contribution < -0.4 is 0 Å². The van der Waals surface area contributed by atoms with Crippen LogP contribution >= 0.6 is 39.1 Å². The summed E-state index contributed by atoms with van der Waals surface area (Å²) in [5, 5.41) is 0.348. The highest BCUT2D eigenvalue weighted by molar-refractivity contribution is 9.10. The van der Waals surface area contributed by atoms with E-state index in [4.69, 9.17) is 23.2 Å². The van der Waals surface area contributed by atoms with Gasteiger partial charge in [-0.15, -0.1) is 0 Å². The number of hydrogen-bond acceptors (Lipinski definition) is 1. The van der Waals surface area contributed by atoms with Crippen LogP contribution in [0.4, 0.5) is 4.39 Å². The Morgan fingerprint density at radius 1 is 1.16 bits per heavy atom. The van der Waals surface area contributed by atoms with Crippen molar-refractivity contribution >= 4 is 44.9 Å². The second-order valence-corrected chi connectivity index (χ2v) is 5.67. The molecule has 98 valence electrons. The molecule has 19 heavy (non-hydrogen) atoms. The first-order chi connectivity index (χ1) is 8.99. The predicted molar refractivity (Wildman–Crippen MR) is 78.6 cm³/mol. The Bertz CT molecular complexity index is 643. The van der Waals surface area contributed by atoms with E-state index in [1.807, 2.05) is 0 Å². The second-order valence-electron chi connectivity index (χ2n) is 3.94. The molecule has 0 aliphatic rings. The molecular weight excluding hydrogens is 354 g/mol. The molecule has 2 aromatic rings. The average molecular weight is 362 g/mol. The summed E-state index contributed by atoms with van der Waals surface area (Å²) >= 11 is 14.9. The van der Waals surface area contributed by atoms with Crippen LogP contribution in [0.15, 0.2) is 40.9 Å². The standard InChI is InChI=1S/C14H8BrCl2FO/c15-9-4-5-11(16)10(7-9)13(19)6-8-2-1-3-12(17)14(8)18/h1-5,7H,6H2. The van der Waals surface area contributed by atoms with Gasteiger partial charge in [0.15, 0.2) is 5.78 Å². The zero-order valence-corrected chi connectivity index (χ0v) is 12.7. The fourth-order valence-electron chi connectivity index (χ4n) is 1.66. The van der Waals surface area contributed by atoms with Gasteiger partial charge in [-0.2, -0.15) is 0 Å². The summed E-state index contributed by atoms with van der Waals surface area (Å²) in [6.07, 6.45) is -0.0808. The van der Waals surface area contributed by atoms with Gasteiger partial charge in [-0.05, 0) is 29.8 Å². The van der Waals surface area contributed by atoms with Crippen molar-refractivity contribution in [2.45, 2.75) is 6.42 Å². The number of carbonyl (C=O) groups is 1. The minimum absolute atomic E-state index is 0.00522. The maximum absolute atomic E-state index is 13.7. The van der Waals surface area contributed by atoms with Crippen LogP contribution in [0, 0.1) is 5.82 Å². The van der Waals surface area contributed by atoms with Gasteiger partial charge in [-0.1, -0.05) is 51.3 Å². The summed E-state index contributed by atoms with van der Waals surface area (Å²) in [7, 11) is 0. The number of hydrogen-bond donors (Lipinski definition) is 0. The van der Waals surface area contributed by atoms with Crippen molar-refractivity contribution in [3.05, 3.63) is 67.9 Å². The highest BCUT2D eigenvalue weighted by atomic mass is 79.9. The van der Waals surface area contributed by atoms with E-state index in [-0.39, 0.29) is 22.8 Å². The molecule has 0 saturated carbocycles. The molecule has 2 rings (SSSR count). The lowest BCUT2D eigenvalue weighted by atomic mass is 10.0. The van der Waals surface area contributed by atoms with E-state index in [0.29, 0.717) is 10.6 Å². The van der Waals surface area contributed by atoms with Crippen molar-refractivity contribution in [3.8, 4) is 0 Å². The van der Waals surface area contributed by atoms with Crippen molar-refractivity contribution in [1.29, 1.82) is 0 Å². The zero-order chi connectivity index (χ0) is 14.0. The van der Waals surface area contributed by atoms with Crippen molar-refractivity contribution < 1.29 is 9.18 Å². The lowest BCUT2D eigenvalue weighted by molar-refractivity contribution is 0.0992. The first-order valence-corrected chi connectivity index (χ1v) is 6.95. The van der Waals surface area contributed by atoms with Gasteiger partial charge in [0.05, 0.1) is 10.0 Å². The molecule has 0 N–H and O–H groups in total. The van der Waals surface area contributed by atoms with Gasteiger partial charge >= 0.3 is 0 Å². The third kappa shape index (κ3) is 3.35. The first kappa shape index (κ1) is 14.5. The smallest absolute Gasteiger partial charge is 0.168 e. The van der Waals surface area contributed by atoms with E-state index < -0.39 is 5.82 Å². The fraction of sp³-hybridized carbons (Fsp3) is 0.0714. The van der Waals surface area contributed by atoms with E-state index in [1.165, 1.54) is 12.1 Å². The summed E-state index contributed by atoms with van der Waals surface area (Å²) < 4.78 is 14.5. The molecule has 0 aliphatic carbocycles. The van der Waals surface area contributed by atoms with Gasteiger partial charge in [0.1, 0.15) is 5.82 Å². The molecule has 0 fully saturated rings. The molecule has 0 unspecified atom stereocenters. The van der Waals surface area contributed by atoms with E-state index in [0.717, 1.165) is 4.47 Å². The van der Waals surface area contributed by atoms with Gasteiger partial charge in [0.25, 0.3) is 0 Å². The summed E-state index contributed by atoms with van der Waals surface area (Å²) in [4.78, 5) is 12.1. The van der Waals surface area contributed by atoms with Gasteiger partial charge < -0.3 is 0 Å². The number of rotatable bonds is 3. The summed E-state index contributed by atoms with van der Waals surface area (Å²) in [6, 6.07) is 9.55. The summed E-state index contributed by atoms with van der Waals surface area (Å²) in [5.41, 5.74) is 0.615. The molecule has 0 aromatic heterocycles. The van der Waals surface area contributed by atoms with Crippen LogP contribution in [-0.2, 0) is 6.42 Å². The monoisotopic (exact) mass is 360 g/mol. The van der Waals surface area contributed by atoms with Crippen molar-refractivity contribution in [2.75, 3.05) is 0 Å². The average Bonchev–Trinajstić information content (AvgIpc) is 2.38. The zero-order valence-electron chi connectivity index (χ0n) is 9.59. The molecule has 1 nitrogen and oxygen atoms in total. The van der Waals surface area contributed by atoms with Crippen LogP contribution in [0.25, 0.3) is 0 Å². The van der Waals surface area contributed by atoms with Crippen molar-refractivity contribution in [3.63, 3.8) is 0 Å². The molecule has 0 radical (unpaired) electrons. The number of ketones is 1. The van der Waals surface area contributed by atoms with Crippen molar-refractivity contribution in [2.24, 2.45) is 0 Å². The van der Waals surface area contributed by atoms with Crippen LogP contribution in [0.2, 0.25) is 10.0 Å². The molecule has 0 aliphatic heterocycles. The molecule has 0 amide bonds. The lowest BCUT2D eigenvalue weighted by Crippen LogP contribution is -2.06. The van der Waals surface area contributed by atoms with Gasteiger partial charge in [0, 0.05) is 16.5 Å². The Balaban J connectivity index is 2.31. The summed E-state index contributed by atoms with van der Waals surface area (Å²) in [5.74, 6) is -0.823. The van der Waals surface area contributed by atoms with E-state index >= 15 is 0 Å². The lowest BCUT2D eigenvalue weighted by Gasteiger charge is -2.06. The minimum Gasteiger partial charge on any atom is -0.294 e. The molecule has 0 spiro atoms. The first-order valence-electron chi connectivity index (χ1n) is 5.40. The molecular formula is C14H8BrCl2FO. The Hall–Kier alpha value is -0.900.